The molecule has 0 bridgehead atoms. The second-order valence-electron chi connectivity index (χ2n) is 5.85. The highest BCUT2D eigenvalue weighted by molar-refractivity contribution is 5.95. The minimum atomic E-state index is -2.96. The van der Waals surface area contributed by atoms with Gasteiger partial charge in [-0.3, -0.25) is 9.59 Å². The fourth-order valence-corrected chi connectivity index (χ4v) is 2.86. The summed E-state index contributed by atoms with van der Waals surface area (Å²) in [4.78, 5) is 26.0. The maximum Gasteiger partial charge on any atom is 0.387 e. The van der Waals surface area contributed by atoms with Crippen LogP contribution in [0.5, 0.6) is 5.75 Å². The fourth-order valence-electron chi connectivity index (χ4n) is 2.86. The Morgan fingerprint density at radius 2 is 2.17 bits per heavy atom. The van der Waals surface area contributed by atoms with Gasteiger partial charge in [-0.15, -0.1) is 0 Å². The summed E-state index contributed by atoms with van der Waals surface area (Å²) in [5.41, 5.74) is 0.889. The van der Waals surface area contributed by atoms with Gasteiger partial charge in [0.2, 0.25) is 11.8 Å². The number of hydrogen-bond acceptors (Lipinski definition) is 3. The van der Waals surface area contributed by atoms with E-state index in [1.807, 2.05) is 0 Å². The van der Waals surface area contributed by atoms with Crippen LogP contribution in [0.2, 0.25) is 0 Å². The number of ether oxygens (including phenoxy) is 1. The quantitative estimate of drug-likeness (QED) is 0.896. The van der Waals surface area contributed by atoms with E-state index in [1.165, 1.54) is 6.07 Å². The molecule has 0 aliphatic carbocycles. The second kappa shape index (κ2) is 8.08. The number of amides is 2. The normalized spacial score (nSPS) is 17.7. The molecule has 0 radical (unpaired) electrons. The van der Waals surface area contributed by atoms with Crippen molar-refractivity contribution in [2.75, 3.05) is 18.4 Å². The number of nitrogens with zero attached hydrogens (tertiary/aromatic N) is 1. The van der Waals surface area contributed by atoms with Crippen LogP contribution in [0.15, 0.2) is 18.2 Å². The van der Waals surface area contributed by atoms with Crippen LogP contribution in [0.25, 0.3) is 0 Å². The van der Waals surface area contributed by atoms with Gasteiger partial charge in [-0.05, 0) is 31.4 Å². The summed E-state index contributed by atoms with van der Waals surface area (Å²) >= 11 is 0. The van der Waals surface area contributed by atoms with E-state index in [0.717, 1.165) is 6.42 Å². The summed E-state index contributed by atoms with van der Waals surface area (Å²) in [6.45, 7) is 1.54. The zero-order chi connectivity index (χ0) is 17.7. The van der Waals surface area contributed by atoms with Crippen molar-refractivity contribution in [3.63, 3.8) is 0 Å². The lowest BCUT2D eigenvalue weighted by Gasteiger charge is -2.32. The maximum atomic E-state index is 12.5. The third kappa shape index (κ3) is 4.43. The molecule has 7 heteroatoms. The van der Waals surface area contributed by atoms with Crippen molar-refractivity contribution in [2.24, 2.45) is 5.92 Å². The Morgan fingerprint density at radius 3 is 2.83 bits per heavy atom. The number of nitrogens with one attached hydrogen (secondary N) is 1. The standard InChI is InChI=1S/C17H22F2N2O3/c1-3-14(22)21-9-5-7-12(10-21)16(23)20-15-11(2)6-4-8-13(15)24-17(18)19/h4,6,8,12,17H,3,5,7,9-10H2,1-2H3,(H,20,23)/t12-/m0/s1. The van der Waals surface area contributed by atoms with Crippen LogP contribution in [-0.2, 0) is 9.59 Å². The molecule has 24 heavy (non-hydrogen) atoms. The van der Waals surface area contributed by atoms with Crippen molar-refractivity contribution in [3.8, 4) is 5.75 Å². The third-order valence-electron chi connectivity index (χ3n) is 4.15. The maximum absolute atomic E-state index is 12.5. The lowest BCUT2D eigenvalue weighted by Crippen LogP contribution is -2.43. The van der Waals surface area contributed by atoms with Gasteiger partial charge in [-0.25, -0.2) is 0 Å². The van der Waals surface area contributed by atoms with Gasteiger partial charge in [-0.1, -0.05) is 19.1 Å². The van der Waals surface area contributed by atoms with Gasteiger partial charge in [0.15, 0.2) is 0 Å². The zero-order valence-electron chi connectivity index (χ0n) is 13.9. The molecule has 2 amide bonds. The minimum Gasteiger partial charge on any atom is -0.433 e. The van der Waals surface area contributed by atoms with E-state index in [-0.39, 0.29) is 29.2 Å². The number of halogens is 2. The molecule has 1 N–H and O–H groups in total. The topological polar surface area (TPSA) is 58.6 Å². The van der Waals surface area contributed by atoms with E-state index in [9.17, 15) is 18.4 Å². The molecule has 1 aliphatic heterocycles. The zero-order valence-corrected chi connectivity index (χ0v) is 13.9. The number of hydrogen-bond donors (Lipinski definition) is 1. The summed E-state index contributed by atoms with van der Waals surface area (Å²) in [6, 6.07) is 4.69. The summed E-state index contributed by atoms with van der Waals surface area (Å²) in [5.74, 6) is -0.675. The largest absolute Gasteiger partial charge is 0.433 e. The van der Waals surface area contributed by atoms with Crippen molar-refractivity contribution in [2.45, 2.75) is 39.7 Å². The van der Waals surface area contributed by atoms with Crippen molar-refractivity contribution in [3.05, 3.63) is 23.8 Å². The molecule has 5 nitrogen and oxygen atoms in total. The Morgan fingerprint density at radius 1 is 1.42 bits per heavy atom. The molecule has 0 aromatic heterocycles. The fraction of sp³-hybridized carbons (Fsp3) is 0.529. The summed E-state index contributed by atoms with van der Waals surface area (Å²) in [5, 5.41) is 2.70. The average molecular weight is 340 g/mol. The van der Waals surface area contributed by atoms with E-state index >= 15 is 0 Å². The molecule has 0 unspecified atom stereocenters. The van der Waals surface area contributed by atoms with Gasteiger partial charge in [0.05, 0.1) is 11.6 Å². The van der Waals surface area contributed by atoms with E-state index in [4.69, 9.17) is 0 Å². The van der Waals surface area contributed by atoms with Crippen LogP contribution >= 0.6 is 0 Å². The number of alkyl halides is 2. The molecule has 1 aromatic carbocycles. The predicted molar refractivity (Wildman–Crippen MR) is 86.0 cm³/mol. The first-order valence-electron chi connectivity index (χ1n) is 8.05. The van der Waals surface area contributed by atoms with Gasteiger partial charge < -0.3 is 15.0 Å². The third-order valence-corrected chi connectivity index (χ3v) is 4.15. The average Bonchev–Trinajstić information content (AvgIpc) is 2.56. The lowest BCUT2D eigenvalue weighted by atomic mass is 9.96. The first kappa shape index (κ1) is 18.2. The van der Waals surface area contributed by atoms with Gasteiger partial charge in [0, 0.05) is 19.5 Å². The molecule has 0 spiro atoms. The number of benzene rings is 1. The number of likely N-dealkylation sites (tertiary alicyclic amines) is 1. The number of piperidine rings is 1. The van der Waals surface area contributed by atoms with Gasteiger partial charge in [-0.2, -0.15) is 8.78 Å². The Balaban J connectivity index is 2.10. The van der Waals surface area contributed by atoms with Crippen LogP contribution in [-0.4, -0.2) is 36.4 Å². The SMILES string of the molecule is CCC(=O)N1CCC[C@H](C(=O)Nc2c(C)cccc2OC(F)F)C1. The van der Waals surface area contributed by atoms with Crippen molar-refractivity contribution in [1.29, 1.82) is 0 Å². The molecular formula is C17H22F2N2O3. The van der Waals surface area contributed by atoms with E-state index in [2.05, 4.69) is 10.1 Å². The van der Waals surface area contributed by atoms with Crippen LogP contribution in [0, 0.1) is 12.8 Å². The number of rotatable bonds is 5. The summed E-state index contributed by atoms with van der Waals surface area (Å²) < 4.78 is 29.5. The Labute approximate surface area is 140 Å². The highest BCUT2D eigenvalue weighted by atomic mass is 19.3. The van der Waals surface area contributed by atoms with Gasteiger partial charge >= 0.3 is 6.61 Å². The molecule has 1 saturated heterocycles. The first-order valence-corrected chi connectivity index (χ1v) is 8.05. The Hall–Kier alpha value is -2.18. The van der Waals surface area contributed by atoms with Crippen LogP contribution in [0.1, 0.15) is 31.7 Å². The predicted octanol–water partition coefficient (Wildman–Crippen LogP) is 3.18. The number of para-hydroxylation sites is 1. The number of aryl methyl sites for hydroxylation is 1. The molecule has 1 atom stereocenters. The van der Waals surface area contributed by atoms with Crippen LogP contribution in [0.3, 0.4) is 0 Å². The first-order chi connectivity index (χ1) is 11.4. The smallest absolute Gasteiger partial charge is 0.387 e. The van der Waals surface area contributed by atoms with Crippen molar-refractivity contribution in [1.82, 2.24) is 4.90 Å². The van der Waals surface area contributed by atoms with Crippen LogP contribution < -0.4 is 10.1 Å². The summed E-state index contributed by atoms with van der Waals surface area (Å²) in [7, 11) is 0. The Kier molecular flexibility index (Phi) is 6.11. The number of carbonyl (C=O) groups is 2. The monoisotopic (exact) mass is 340 g/mol. The van der Waals surface area contributed by atoms with Crippen molar-refractivity contribution < 1.29 is 23.1 Å². The molecule has 1 heterocycles. The minimum absolute atomic E-state index is 0.0186. The molecule has 1 aliphatic rings. The summed E-state index contributed by atoms with van der Waals surface area (Å²) in [6.07, 6.45) is 1.81. The lowest BCUT2D eigenvalue weighted by molar-refractivity contribution is -0.134. The van der Waals surface area contributed by atoms with Gasteiger partial charge in [0.25, 0.3) is 0 Å². The molecule has 2 rings (SSSR count). The van der Waals surface area contributed by atoms with Crippen molar-refractivity contribution >= 4 is 17.5 Å². The van der Waals surface area contributed by atoms with Crippen LogP contribution in [0.4, 0.5) is 14.5 Å². The number of carbonyl (C=O) groups excluding carboxylic acids is 2. The molecule has 1 aromatic rings. The number of anilines is 1. The van der Waals surface area contributed by atoms with E-state index < -0.39 is 6.61 Å². The van der Waals surface area contributed by atoms with Gasteiger partial charge in [0.1, 0.15) is 5.75 Å². The highest BCUT2D eigenvalue weighted by Gasteiger charge is 2.28. The molecular weight excluding hydrogens is 318 g/mol. The molecule has 0 saturated carbocycles. The molecule has 132 valence electrons. The Bertz CT molecular complexity index is 607. The second-order valence-corrected chi connectivity index (χ2v) is 5.85. The molecule has 1 fully saturated rings. The van der Waals surface area contributed by atoms with E-state index in [1.54, 1.807) is 30.9 Å². The van der Waals surface area contributed by atoms with E-state index in [0.29, 0.717) is 31.5 Å². The highest BCUT2D eigenvalue weighted by Crippen LogP contribution is 2.30.